The van der Waals surface area contributed by atoms with Crippen LogP contribution in [-0.4, -0.2) is 47.7 Å². The average molecular weight is 297 g/mol. The Labute approximate surface area is 122 Å². The number of rotatable bonds is 4. The highest BCUT2D eigenvalue weighted by Gasteiger charge is 2.40. The summed E-state index contributed by atoms with van der Waals surface area (Å²) in [6.45, 7) is 4.36. The van der Waals surface area contributed by atoms with Crippen molar-refractivity contribution in [3.8, 4) is 0 Å². The molecule has 2 unspecified atom stereocenters. The van der Waals surface area contributed by atoms with Gasteiger partial charge in [0.25, 0.3) is 5.91 Å². The van der Waals surface area contributed by atoms with Crippen LogP contribution in [0.4, 0.5) is 0 Å². The fourth-order valence-corrected chi connectivity index (χ4v) is 3.61. The molecule has 0 bridgehead atoms. The van der Waals surface area contributed by atoms with E-state index in [0.29, 0.717) is 17.8 Å². The highest BCUT2D eigenvalue weighted by molar-refractivity contribution is 7.14. The lowest BCUT2D eigenvalue weighted by atomic mass is 10.2. The van der Waals surface area contributed by atoms with E-state index in [1.807, 2.05) is 19.9 Å². The van der Waals surface area contributed by atoms with Gasteiger partial charge >= 0.3 is 5.97 Å². The molecular formula is C14H19NO4S. The van der Waals surface area contributed by atoms with Crippen LogP contribution in [0.3, 0.4) is 0 Å². The van der Waals surface area contributed by atoms with Gasteiger partial charge in [0.1, 0.15) is 6.04 Å². The molecule has 0 aliphatic carbocycles. The first-order valence-electron chi connectivity index (χ1n) is 6.63. The summed E-state index contributed by atoms with van der Waals surface area (Å²) in [4.78, 5) is 27.0. The van der Waals surface area contributed by atoms with E-state index in [4.69, 9.17) is 4.74 Å². The maximum absolute atomic E-state index is 12.5. The highest BCUT2D eigenvalue weighted by Crippen LogP contribution is 2.27. The van der Waals surface area contributed by atoms with E-state index in [2.05, 4.69) is 0 Å². The largest absolute Gasteiger partial charge is 0.480 e. The van der Waals surface area contributed by atoms with Gasteiger partial charge in [-0.3, -0.25) is 4.79 Å². The summed E-state index contributed by atoms with van der Waals surface area (Å²) in [6, 6.07) is 1.08. The van der Waals surface area contributed by atoms with E-state index in [1.165, 1.54) is 16.2 Å². The first-order chi connectivity index (χ1) is 9.47. The number of carboxylic acids is 1. The number of aryl methyl sites for hydroxylation is 2. The Hall–Kier alpha value is -1.40. The van der Waals surface area contributed by atoms with Gasteiger partial charge in [-0.05, 0) is 25.0 Å². The molecule has 1 aromatic heterocycles. The van der Waals surface area contributed by atoms with Crippen molar-refractivity contribution in [2.24, 2.45) is 0 Å². The third kappa shape index (κ3) is 2.71. The molecule has 0 spiro atoms. The average Bonchev–Trinajstić information content (AvgIpc) is 3.01. The van der Waals surface area contributed by atoms with Gasteiger partial charge in [0, 0.05) is 25.0 Å². The Balaban J connectivity index is 2.24. The minimum atomic E-state index is -0.970. The normalized spacial score (nSPS) is 22.2. The van der Waals surface area contributed by atoms with Crippen molar-refractivity contribution in [1.29, 1.82) is 0 Å². The zero-order valence-corrected chi connectivity index (χ0v) is 12.7. The smallest absolute Gasteiger partial charge is 0.326 e. The van der Waals surface area contributed by atoms with E-state index in [0.717, 1.165) is 16.9 Å². The Morgan fingerprint density at radius 2 is 2.25 bits per heavy atom. The maximum atomic E-state index is 12.5. The molecule has 2 atom stereocenters. The predicted molar refractivity (Wildman–Crippen MR) is 76.3 cm³/mol. The summed E-state index contributed by atoms with van der Waals surface area (Å²) < 4.78 is 5.20. The monoisotopic (exact) mass is 297 g/mol. The second kappa shape index (κ2) is 5.93. The molecule has 20 heavy (non-hydrogen) atoms. The molecule has 1 amide bonds. The Morgan fingerprint density at radius 3 is 2.75 bits per heavy atom. The number of amides is 1. The molecule has 110 valence electrons. The number of hydrogen-bond donors (Lipinski definition) is 1. The Kier molecular flexibility index (Phi) is 4.45. The molecule has 1 aromatic rings. The third-order valence-electron chi connectivity index (χ3n) is 3.75. The zero-order chi connectivity index (χ0) is 14.9. The van der Waals surface area contributed by atoms with Crippen molar-refractivity contribution in [2.45, 2.75) is 38.8 Å². The second-order valence-electron chi connectivity index (χ2n) is 4.95. The fraction of sp³-hybridized carbons (Fsp3) is 0.571. The van der Waals surface area contributed by atoms with Crippen molar-refractivity contribution >= 4 is 23.2 Å². The van der Waals surface area contributed by atoms with Crippen LogP contribution in [0.15, 0.2) is 6.07 Å². The van der Waals surface area contributed by atoms with Crippen molar-refractivity contribution in [3.63, 3.8) is 0 Å². The number of carbonyl (C=O) groups is 2. The molecule has 2 rings (SSSR count). The quantitative estimate of drug-likeness (QED) is 0.922. The minimum Gasteiger partial charge on any atom is -0.480 e. The van der Waals surface area contributed by atoms with Crippen LogP contribution < -0.4 is 0 Å². The Morgan fingerprint density at radius 1 is 1.55 bits per heavy atom. The number of carboxylic acid groups (broad SMARTS) is 1. The maximum Gasteiger partial charge on any atom is 0.326 e. The standard InChI is InChI=1S/C14H19NO4S/c1-4-9-5-12(20-8(9)2)13(16)15-7-10(19-3)6-11(15)14(17)18/h5,10-11H,4,6-7H2,1-3H3,(H,17,18). The lowest BCUT2D eigenvalue weighted by Crippen LogP contribution is -2.40. The van der Waals surface area contributed by atoms with Crippen LogP contribution in [0.5, 0.6) is 0 Å². The lowest BCUT2D eigenvalue weighted by molar-refractivity contribution is -0.141. The second-order valence-corrected chi connectivity index (χ2v) is 6.21. The molecule has 1 aliphatic heterocycles. The number of aliphatic carboxylic acids is 1. The van der Waals surface area contributed by atoms with Gasteiger partial charge in [0.05, 0.1) is 11.0 Å². The summed E-state index contributed by atoms with van der Waals surface area (Å²) in [6.07, 6.45) is 1.02. The molecule has 1 saturated heterocycles. The van der Waals surface area contributed by atoms with Crippen LogP contribution in [0.25, 0.3) is 0 Å². The topological polar surface area (TPSA) is 66.8 Å². The molecule has 2 heterocycles. The van der Waals surface area contributed by atoms with Gasteiger partial charge in [-0.2, -0.15) is 0 Å². The number of thiophene rings is 1. The van der Waals surface area contributed by atoms with Crippen LogP contribution in [-0.2, 0) is 16.0 Å². The predicted octanol–water partition coefficient (Wildman–Crippen LogP) is 1.93. The minimum absolute atomic E-state index is 0.202. The molecule has 1 N–H and O–H groups in total. The molecule has 5 nitrogen and oxygen atoms in total. The summed E-state index contributed by atoms with van der Waals surface area (Å²) in [5, 5.41) is 9.25. The molecule has 0 saturated carbocycles. The number of ether oxygens (including phenoxy) is 1. The van der Waals surface area contributed by atoms with Gasteiger partial charge < -0.3 is 14.7 Å². The molecule has 0 radical (unpaired) electrons. The number of likely N-dealkylation sites (tertiary alicyclic amines) is 1. The number of carbonyl (C=O) groups excluding carboxylic acids is 1. The summed E-state index contributed by atoms with van der Waals surface area (Å²) in [5.74, 6) is -1.17. The number of nitrogens with zero attached hydrogens (tertiary/aromatic N) is 1. The van der Waals surface area contributed by atoms with Gasteiger partial charge in [-0.15, -0.1) is 11.3 Å². The van der Waals surface area contributed by atoms with Crippen LogP contribution in [0, 0.1) is 6.92 Å². The van der Waals surface area contributed by atoms with Gasteiger partial charge in [-0.25, -0.2) is 4.79 Å². The highest BCUT2D eigenvalue weighted by atomic mass is 32.1. The fourth-order valence-electron chi connectivity index (χ4n) is 2.54. The van der Waals surface area contributed by atoms with E-state index >= 15 is 0 Å². The van der Waals surface area contributed by atoms with Crippen molar-refractivity contribution in [3.05, 3.63) is 21.4 Å². The van der Waals surface area contributed by atoms with Crippen LogP contribution >= 0.6 is 11.3 Å². The zero-order valence-electron chi connectivity index (χ0n) is 11.9. The molecule has 1 fully saturated rings. The number of hydrogen-bond acceptors (Lipinski definition) is 4. The van der Waals surface area contributed by atoms with Gasteiger partial charge in [0.2, 0.25) is 0 Å². The summed E-state index contributed by atoms with van der Waals surface area (Å²) in [5.41, 5.74) is 1.15. The SMILES string of the molecule is CCc1cc(C(=O)N2CC(OC)CC2C(=O)O)sc1C. The van der Waals surface area contributed by atoms with E-state index in [1.54, 1.807) is 7.11 Å². The lowest BCUT2D eigenvalue weighted by Gasteiger charge is -2.20. The molecule has 6 heteroatoms. The van der Waals surface area contributed by atoms with E-state index in [9.17, 15) is 14.7 Å². The summed E-state index contributed by atoms with van der Waals surface area (Å²) in [7, 11) is 1.54. The van der Waals surface area contributed by atoms with Gasteiger partial charge in [0.15, 0.2) is 0 Å². The van der Waals surface area contributed by atoms with E-state index in [-0.39, 0.29) is 12.0 Å². The summed E-state index contributed by atoms with van der Waals surface area (Å²) >= 11 is 1.43. The first-order valence-corrected chi connectivity index (χ1v) is 7.45. The van der Waals surface area contributed by atoms with E-state index < -0.39 is 12.0 Å². The van der Waals surface area contributed by atoms with Crippen molar-refractivity contribution < 1.29 is 19.4 Å². The molecule has 0 aromatic carbocycles. The van der Waals surface area contributed by atoms with Crippen molar-refractivity contribution in [2.75, 3.05) is 13.7 Å². The van der Waals surface area contributed by atoms with Gasteiger partial charge in [-0.1, -0.05) is 6.92 Å². The number of methoxy groups -OCH3 is 1. The van der Waals surface area contributed by atoms with Crippen molar-refractivity contribution in [1.82, 2.24) is 4.90 Å². The molecule has 1 aliphatic rings. The third-order valence-corrected chi connectivity index (χ3v) is 4.83. The van der Waals surface area contributed by atoms with Crippen LogP contribution in [0.1, 0.15) is 33.5 Å². The van der Waals surface area contributed by atoms with Crippen LogP contribution in [0.2, 0.25) is 0 Å². The Bertz CT molecular complexity index is 525. The first kappa shape index (κ1) is 15.0. The molecular weight excluding hydrogens is 278 g/mol.